The summed E-state index contributed by atoms with van der Waals surface area (Å²) in [7, 11) is 3.92. The lowest BCUT2D eigenvalue weighted by atomic mass is 9.96. The molecule has 5 rings (SSSR count). The van der Waals surface area contributed by atoms with Crippen LogP contribution >= 0.6 is 0 Å². The highest BCUT2D eigenvalue weighted by atomic mass is 16.3. The minimum Gasteiger partial charge on any atom is -0.390 e. The van der Waals surface area contributed by atoms with Crippen molar-refractivity contribution >= 4 is 17.4 Å². The molecule has 3 atom stereocenters. The SMILES string of the molecule is CN1C=CN2c3cc(CCC(C)(C)O)ccc3CCC(NC(=O)C3N=C(Cc4ccccc4)NN3C)C12. The molecule has 3 heterocycles. The molecule has 0 saturated carbocycles. The van der Waals surface area contributed by atoms with Crippen molar-refractivity contribution in [3.05, 3.63) is 77.6 Å². The molecule has 2 aromatic carbocycles. The first-order valence-electron chi connectivity index (χ1n) is 13.1. The number of likely N-dealkylation sites (N-methyl/N-ethyl adjacent to an activating group) is 2. The second kappa shape index (κ2) is 10.2. The number of nitrogens with zero attached hydrogens (tertiary/aromatic N) is 4. The van der Waals surface area contributed by atoms with Crippen molar-refractivity contribution in [1.82, 2.24) is 20.7 Å². The molecule has 37 heavy (non-hydrogen) atoms. The van der Waals surface area contributed by atoms with Gasteiger partial charge in [0.2, 0.25) is 0 Å². The van der Waals surface area contributed by atoms with Crippen LogP contribution in [0.4, 0.5) is 5.69 Å². The lowest BCUT2D eigenvalue weighted by molar-refractivity contribution is -0.126. The largest absolute Gasteiger partial charge is 0.390 e. The molecule has 0 spiro atoms. The Hall–Kier alpha value is -3.36. The molecule has 8 heteroatoms. The Kier molecular flexibility index (Phi) is 6.96. The molecule has 0 radical (unpaired) electrons. The van der Waals surface area contributed by atoms with Gasteiger partial charge < -0.3 is 25.6 Å². The van der Waals surface area contributed by atoms with E-state index in [4.69, 9.17) is 4.99 Å². The summed E-state index contributed by atoms with van der Waals surface area (Å²) in [5, 5.41) is 15.3. The molecule has 3 aliphatic rings. The van der Waals surface area contributed by atoms with Gasteiger partial charge in [0.1, 0.15) is 12.0 Å². The summed E-state index contributed by atoms with van der Waals surface area (Å²) < 4.78 is 0. The van der Waals surface area contributed by atoms with Crippen molar-refractivity contribution in [3.8, 4) is 0 Å². The molecule has 0 aromatic heterocycles. The topological polar surface area (TPSA) is 83.4 Å². The number of aliphatic hydroxyl groups is 1. The molecule has 3 N–H and O–H groups in total. The maximum Gasteiger partial charge on any atom is 0.261 e. The molecule has 3 unspecified atom stereocenters. The van der Waals surface area contributed by atoms with Gasteiger partial charge in [-0.3, -0.25) is 4.79 Å². The number of benzene rings is 2. The number of amides is 1. The van der Waals surface area contributed by atoms with E-state index >= 15 is 0 Å². The van der Waals surface area contributed by atoms with Crippen LogP contribution in [0.1, 0.15) is 43.4 Å². The number of hydrogen-bond donors (Lipinski definition) is 3. The Morgan fingerprint density at radius 3 is 2.68 bits per heavy atom. The molecule has 0 saturated heterocycles. The zero-order chi connectivity index (χ0) is 26.2. The zero-order valence-corrected chi connectivity index (χ0v) is 22.2. The van der Waals surface area contributed by atoms with E-state index in [9.17, 15) is 9.90 Å². The van der Waals surface area contributed by atoms with Crippen LogP contribution < -0.4 is 15.6 Å². The van der Waals surface area contributed by atoms with Gasteiger partial charge in [-0.15, -0.1) is 0 Å². The van der Waals surface area contributed by atoms with Gasteiger partial charge in [0, 0.05) is 38.6 Å². The summed E-state index contributed by atoms with van der Waals surface area (Å²) in [5.74, 6) is 0.696. The number of aliphatic imine (C=N–C) groups is 1. The van der Waals surface area contributed by atoms with Gasteiger partial charge in [-0.2, -0.15) is 5.01 Å². The Morgan fingerprint density at radius 2 is 1.92 bits per heavy atom. The van der Waals surface area contributed by atoms with Crippen molar-refractivity contribution in [2.45, 2.75) is 69.9 Å². The third-order valence-corrected chi connectivity index (χ3v) is 7.43. The molecule has 196 valence electrons. The number of carbonyl (C=O) groups is 1. The van der Waals surface area contributed by atoms with Crippen LogP contribution in [0.2, 0.25) is 0 Å². The van der Waals surface area contributed by atoms with E-state index in [1.165, 1.54) is 16.8 Å². The fourth-order valence-electron chi connectivity index (χ4n) is 5.42. The van der Waals surface area contributed by atoms with Gasteiger partial charge in [-0.25, -0.2) is 4.99 Å². The summed E-state index contributed by atoms with van der Waals surface area (Å²) >= 11 is 0. The zero-order valence-electron chi connectivity index (χ0n) is 22.2. The maximum absolute atomic E-state index is 13.5. The first-order chi connectivity index (χ1) is 17.7. The molecule has 0 aliphatic carbocycles. The Morgan fingerprint density at radius 1 is 1.14 bits per heavy atom. The van der Waals surface area contributed by atoms with Crippen molar-refractivity contribution in [2.75, 3.05) is 19.0 Å². The minimum absolute atomic E-state index is 0.0119. The number of amidine groups is 1. The molecule has 0 fully saturated rings. The molecule has 8 nitrogen and oxygen atoms in total. The van der Waals surface area contributed by atoms with Crippen LogP contribution in [0.25, 0.3) is 0 Å². The highest BCUT2D eigenvalue weighted by Crippen LogP contribution is 2.35. The van der Waals surface area contributed by atoms with Crippen molar-refractivity contribution in [3.63, 3.8) is 0 Å². The first kappa shape index (κ1) is 25.3. The third-order valence-electron chi connectivity index (χ3n) is 7.43. The third kappa shape index (κ3) is 5.65. The summed E-state index contributed by atoms with van der Waals surface area (Å²) in [6.07, 6.45) is 7.45. The van der Waals surface area contributed by atoms with Crippen LogP contribution in [0, 0.1) is 0 Å². The highest BCUT2D eigenvalue weighted by Gasteiger charge is 2.39. The van der Waals surface area contributed by atoms with E-state index in [1.807, 2.05) is 39.1 Å². The van der Waals surface area contributed by atoms with Gasteiger partial charge in [0.15, 0.2) is 6.17 Å². The smallest absolute Gasteiger partial charge is 0.261 e. The predicted molar refractivity (Wildman–Crippen MR) is 147 cm³/mol. The summed E-state index contributed by atoms with van der Waals surface area (Å²) in [5.41, 5.74) is 7.38. The Labute approximate surface area is 219 Å². The maximum atomic E-state index is 13.5. The lowest BCUT2D eigenvalue weighted by Gasteiger charge is -2.36. The average molecular weight is 503 g/mol. The second-order valence-corrected chi connectivity index (χ2v) is 11.0. The van der Waals surface area contributed by atoms with E-state index in [0.717, 1.165) is 30.7 Å². The predicted octanol–water partition coefficient (Wildman–Crippen LogP) is 2.79. The average Bonchev–Trinajstić information content (AvgIpc) is 3.38. The number of nitrogens with one attached hydrogen (secondary N) is 2. The molecular formula is C29H38N6O2. The van der Waals surface area contributed by atoms with Crippen LogP contribution in [-0.4, -0.2) is 64.8 Å². The van der Waals surface area contributed by atoms with Crippen molar-refractivity contribution in [2.24, 2.45) is 4.99 Å². The van der Waals surface area contributed by atoms with E-state index in [1.54, 1.807) is 5.01 Å². The van der Waals surface area contributed by atoms with Gasteiger partial charge in [-0.1, -0.05) is 42.5 Å². The standard InChI is InChI=1S/C29H38N6O2/c1-29(2,37)15-14-21-10-11-22-12-13-23(28-33(3)16-17-35(28)24(22)18-21)30-27(36)26-31-25(32-34(26)4)19-20-8-6-5-7-9-20/h5-11,16-18,23,26,28,37H,12-15,19H2,1-4H3,(H,30,36)(H,31,32). The number of hydrogen-bond acceptors (Lipinski definition) is 7. The van der Waals surface area contributed by atoms with Crippen LogP contribution in [-0.2, 0) is 24.1 Å². The van der Waals surface area contributed by atoms with Gasteiger partial charge in [0.25, 0.3) is 5.91 Å². The number of rotatable bonds is 7. The monoisotopic (exact) mass is 502 g/mol. The summed E-state index contributed by atoms with van der Waals surface area (Å²) in [6.45, 7) is 3.70. The van der Waals surface area contributed by atoms with E-state index in [2.05, 4.69) is 70.3 Å². The van der Waals surface area contributed by atoms with E-state index < -0.39 is 11.8 Å². The molecule has 1 amide bonds. The highest BCUT2D eigenvalue weighted by molar-refractivity contribution is 5.91. The number of carbonyl (C=O) groups excluding carboxylic acids is 1. The van der Waals surface area contributed by atoms with Gasteiger partial charge in [0.05, 0.1) is 11.6 Å². The first-order valence-corrected chi connectivity index (χ1v) is 13.1. The number of fused-ring (bicyclic) bond motifs is 3. The summed E-state index contributed by atoms with van der Waals surface area (Å²) in [4.78, 5) is 22.6. The van der Waals surface area contributed by atoms with Crippen LogP contribution in [0.15, 0.2) is 65.9 Å². The normalized spacial score (nSPS) is 23.3. The Bertz CT molecular complexity index is 1190. The molecular weight excluding hydrogens is 464 g/mol. The van der Waals surface area contributed by atoms with Crippen molar-refractivity contribution in [1.29, 1.82) is 0 Å². The van der Waals surface area contributed by atoms with E-state index in [0.29, 0.717) is 12.8 Å². The Balaban J connectivity index is 1.31. The van der Waals surface area contributed by atoms with Crippen LogP contribution in [0.5, 0.6) is 0 Å². The quantitative estimate of drug-likeness (QED) is 0.540. The van der Waals surface area contributed by atoms with E-state index in [-0.39, 0.29) is 18.1 Å². The second-order valence-electron chi connectivity index (χ2n) is 11.0. The number of aryl methyl sites for hydroxylation is 2. The van der Waals surface area contributed by atoms with Gasteiger partial charge >= 0.3 is 0 Å². The molecule has 2 aromatic rings. The fraction of sp³-hybridized carbons (Fsp3) is 0.448. The lowest BCUT2D eigenvalue weighted by Crippen LogP contribution is -2.56. The minimum atomic E-state index is -0.690. The van der Waals surface area contributed by atoms with Crippen molar-refractivity contribution < 1.29 is 9.90 Å². The molecule has 0 bridgehead atoms. The van der Waals surface area contributed by atoms with Gasteiger partial charge in [-0.05, 0) is 62.3 Å². The molecule has 3 aliphatic heterocycles. The summed E-state index contributed by atoms with van der Waals surface area (Å²) in [6, 6.07) is 16.7. The van der Waals surface area contributed by atoms with Crippen LogP contribution in [0.3, 0.4) is 0 Å². The fourth-order valence-corrected chi connectivity index (χ4v) is 5.42. The number of anilines is 1. The number of hydrazine groups is 1.